The van der Waals surface area contributed by atoms with Crippen LogP contribution in [0.1, 0.15) is 0 Å². The van der Waals surface area contributed by atoms with E-state index in [1.807, 2.05) is 42.5 Å². The molecule has 4 heterocycles. The van der Waals surface area contributed by atoms with Gasteiger partial charge in [-0.2, -0.15) is 0 Å². The highest BCUT2D eigenvalue weighted by atomic mass is 16.3. The van der Waals surface area contributed by atoms with Crippen LogP contribution in [0.15, 0.2) is 203 Å². The average molecular weight is 781 g/mol. The summed E-state index contributed by atoms with van der Waals surface area (Å²) in [5.41, 5.74) is 11.2. The van der Waals surface area contributed by atoms with Gasteiger partial charge in [0.2, 0.25) is 0 Å². The van der Waals surface area contributed by atoms with Crippen molar-refractivity contribution in [3.8, 4) is 51.0 Å². The number of aromatic nitrogens is 4. The van der Waals surface area contributed by atoms with Crippen LogP contribution in [0.4, 0.5) is 0 Å². The van der Waals surface area contributed by atoms with E-state index in [9.17, 15) is 0 Å². The molecule has 9 aromatic carbocycles. The maximum Gasteiger partial charge on any atom is 0.164 e. The van der Waals surface area contributed by atoms with Gasteiger partial charge in [-0.05, 0) is 76.5 Å². The van der Waals surface area contributed by atoms with E-state index in [2.05, 4.69) is 156 Å². The highest BCUT2D eigenvalue weighted by Gasteiger charge is 2.23. The Balaban J connectivity index is 1.06. The monoisotopic (exact) mass is 780 g/mol. The molecule has 6 nitrogen and oxygen atoms in total. The fourth-order valence-corrected chi connectivity index (χ4v) is 9.15. The molecule has 4 aromatic heterocycles. The molecule has 0 bridgehead atoms. The number of rotatable bonds is 5. The molecule has 0 radical (unpaired) electrons. The first-order chi connectivity index (χ1) is 30.2. The lowest BCUT2D eigenvalue weighted by molar-refractivity contribution is 0.666. The number of fused-ring (bicyclic) bond motifs is 10. The first kappa shape index (κ1) is 33.6. The molecule has 284 valence electrons. The zero-order valence-electron chi connectivity index (χ0n) is 32.6. The van der Waals surface area contributed by atoms with Crippen LogP contribution in [-0.4, -0.2) is 19.5 Å². The van der Waals surface area contributed by atoms with E-state index in [0.717, 1.165) is 88.4 Å². The normalized spacial score (nSPS) is 11.9. The third-order valence-corrected chi connectivity index (χ3v) is 12.0. The van der Waals surface area contributed by atoms with E-state index < -0.39 is 0 Å². The van der Waals surface area contributed by atoms with Gasteiger partial charge in [0.15, 0.2) is 23.1 Å². The Morgan fingerprint density at radius 1 is 0.344 bits per heavy atom. The minimum absolute atomic E-state index is 0.549. The number of hydrogen-bond donors (Lipinski definition) is 0. The van der Waals surface area contributed by atoms with Crippen LogP contribution >= 0.6 is 0 Å². The first-order valence-electron chi connectivity index (χ1n) is 20.4. The van der Waals surface area contributed by atoms with Crippen LogP contribution in [-0.2, 0) is 0 Å². The quantitative estimate of drug-likeness (QED) is 0.174. The standard InChI is InChI=1S/C55H32N4O2/c1-2-12-33(13-3-1)34-22-24-35(25-23-34)53-56-54(38-26-27-41-40-17-7-10-20-48(40)60-50(41)32-38)58-55(57-53)43-28-29-46(52-51(43)42-18-8-11-21-49(42)61-52)59-45-19-9-6-16-39(45)44-30-36-14-4-5-15-37(36)31-47(44)59/h1-32H. The van der Waals surface area contributed by atoms with Gasteiger partial charge in [0.25, 0.3) is 0 Å². The summed E-state index contributed by atoms with van der Waals surface area (Å²) >= 11 is 0. The van der Waals surface area contributed by atoms with E-state index in [1.165, 1.54) is 21.5 Å². The number of para-hydroxylation sites is 3. The van der Waals surface area contributed by atoms with Crippen molar-refractivity contribution in [2.75, 3.05) is 0 Å². The van der Waals surface area contributed by atoms with Gasteiger partial charge < -0.3 is 13.4 Å². The van der Waals surface area contributed by atoms with E-state index in [-0.39, 0.29) is 0 Å². The van der Waals surface area contributed by atoms with E-state index in [1.54, 1.807) is 0 Å². The molecule has 0 spiro atoms. The van der Waals surface area contributed by atoms with Crippen molar-refractivity contribution in [2.24, 2.45) is 0 Å². The number of furan rings is 2. The minimum atomic E-state index is 0.549. The molecule has 13 aromatic rings. The molecule has 0 unspecified atom stereocenters. The molecule has 61 heavy (non-hydrogen) atoms. The predicted octanol–water partition coefficient (Wildman–Crippen LogP) is 14.6. The fourth-order valence-electron chi connectivity index (χ4n) is 9.15. The van der Waals surface area contributed by atoms with Gasteiger partial charge in [-0.3, -0.25) is 0 Å². The Hall–Kier alpha value is -8.35. The van der Waals surface area contributed by atoms with E-state index >= 15 is 0 Å². The molecular formula is C55H32N4O2. The van der Waals surface area contributed by atoms with Gasteiger partial charge in [-0.25, -0.2) is 15.0 Å². The van der Waals surface area contributed by atoms with E-state index in [4.69, 9.17) is 23.8 Å². The number of nitrogens with zero attached hydrogens (tertiary/aromatic N) is 4. The molecule has 0 saturated heterocycles. The summed E-state index contributed by atoms with van der Waals surface area (Å²) in [6.07, 6.45) is 0. The number of benzene rings is 9. The first-order valence-corrected chi connectivity index (χ1v) is 20.4. The lowest BCUT2D eigenvalue weighted by Gasteiger charge is -2.13. The SMILES string of the molecule is c1ccc(-c2ccc(-c3nc(-c4ccc5c(c4)oc4ccccc45)nc(-c4ccc(-n5c6ccccc6c6cc7ccccc7cc65)c5oc6ccccc6c45)n3)cc2)cc1. The van der Waals surface area contributed by atoms with Crippen LogP contribution < -0.4 is 0 Å². The summed E-state index contributed by atoms with van der Waals surface area (Å²) in [4.78, 5) is 15.7. The molecule has 0 fully saturated rings. The molecule has 0 atom stereocenters. The van der Waals surface area contributed by atoms with Gasteiger partial charge in [0, 0.05) is 49.0 Å². The van der Waals surface area contributed by atoms with Gasteiger partial charge in [-0.15, -0.1) is 0 Å². The van der Waals surface area contributed by atoms with Crippen LogP contribution in [0.3, 0.4) is 0 Å². The average Bonchev–Trinajstić information content (AvgIpc) is 4.00. The molecule has 0 amide bonds. The second-order valence-corrected chi connectivity index (χ2v) is 15.6. The second-order valence-electron chi connectivity index (χ2n) is 15.6. The van der Waals surface area contributed by atoms with Crippen molar-refractivity contribution in [3.05, 3.63) is 194 Å². The van der Waals surface area contributed by atoms with Gasteiger partial charge in [0.1, 0.15) is 16.7 Å². The summed E-state index contributed by atoms with van der Waals surface area (Å²) in [6, 6.07) is 67.4. The summed E-state index contributed by atoms with van der Waals surface area (Å²) in [7, 11) is 0. The Bertz CT molecular complexity index is 3880. The molecule has 0 aliphatic carbocycles. The molecule has 0 aliphatic rings. The summed E-state index contributed by atoms with van der Waals surface area (Å²) in [5, 5.41) is 8.81. The second kappa shape index (κ2) is 13.1. The zero-order valence-corrected chi connectivity index (χ0v) is 32.6. The van der Waals surface area contributed by atoms with Gasteiger partial charge in [0.05, 0.1) is 16.7 Å². The highest BCUT2D eigenvalue weighted by Crippen LogP contribution is 2.43. The van der Waals surface area contributed by atoms with E-state index in [0.29, 0.717) is 17.5 Å². The lowest BCUT2D eigenvalue weighted by Crippen LogP contribution is -2.01. The van der Waals surface area contributed by atoms with Crippen molar-refractivity contribution in [1.82, 2.24) is 19.5 Å². The van der Waals surface area contributed by atoms with Crippen LogP contribution in [0.25, 0.3) is 127 Å². The third kappa shape index (κ3) is 5.26. The Labute approximate surface area is 348 Å². The summed E-state index contributed by atoms with van der Waals surface area (Å²) in [5.74, 6) is 1.67. The van der Waals surface area contributed by atoms with Gasteiger partial charge in [-0.1, -0.05) is 140 Å². The summed E-state index contributed by atoms with van der Waals surface area (Å²) in [6.45, 7) is 0. The lowest BCUT2D eigenvalue weighted by atomic mass is 10.0. The largest absolute Gasteiger partial charge is 0.456 e. The van der Waals surface area contributed by atoms with Crippen LogP contribution in [0, 0.1) is 0 Å². The van der Waals surface area contributed by atoms with Crippen molar-refractivity contribution >= 4 is 76.5 Å². The molecule has 0 saturated carbocycles. The van der Waals surface area contributed by atoms with Crippen LogP contribution in [0.5, 0.6) is 0 Å². The zero-order chi connectivity index (χ0) is 40.0. The molecule has 13 rings (SSSR count). The predicted molar refractivity (Wildman–Crippen MR) is 248 cm³/mol. The van der Waals surface area contributed by atoms with Crippen molar-refractivity contribution in [3.63, 3.8) is 0 Å². The Kier molecular flexibility index (Phi) is 7.21. The molecule has 6 heteroatoms. The Morgan fingerprint density at radius 2 is 0.934 bits per heavy atom. The molecule has 0 N–H and O–H groups in total. The van der Waals surface area contributed by atoms with Crippen molar-refractivity contribution < 1.29 is 8.83 Å². The summed E-state index contributed by atoms with van der Waals surface area (Å²) < 4.78 is 15.6. The minimum Gasteiger partial charge on any atom is -0.456 e. The fraction of sp³-hybridized carbons (Fsp3) is 0. The maximum atomic E-state index is 6.91. The number of hydrogen-bond acceptors (Lipinski definition) is 5. The highest BCUT2D eigenvalue weighted by molar-refractivity contribution is 6.18. The van der Waals surface area contributed by atoms with Crippen molar-refractivity contribution in [1.29, 1.82) is 0 Å². The third-order valence-electron chi connectivity index (χ3n) is 12.0. The van der Waals surface area contributed by atoms with Gasteiger partial charge >= 0.3 is 0 Å². The maximum absolute atomic E-state index is 6.91. The van der Waals surface area contributed by atoms with Crippen LogP contribution in [0.2, 0.25) is 0 Å². The topological polar surface area (TPSA) is 69.9 Å². The van der Waals surface area contributed by atoms with Crippen molar-refractivity contribution in [2.45, 2.75) is 0 Å². The Morgan fingerprint density at radius 3 is 1.75 bits per heavy atom. The smallest absolute Gasteiger partial charge is 0.164 e. The molecular weight excluding hydrogens is 749 g/mol. The molecule has 0 aliphatic heterocycles.